The van der Waals surface area contributed by atoms with Crippen LogP contribution in [0.15, 0.2) is 24.3 Å². The first-order chi connectivity index (χ1) is 8.35. The van der Waals surface area contributed by atoms with Crippen molar-refractivity contribution in [1.82, 2.24) is 5.32 Å². The fourth-order valence-electron chi connectivity index (χ4n) is 3.72. The zero-order valence-corrected chi connectivity index (χ0v) is 10.5. The second kappa shape index (κ2) is 4.34. The number of rotatable bonds is 2. The molecule has 2 aliphatic rings. The van der Waals surface area contributed by atoms with Crippen LogP contribution in [-0.4, -0.2) is 19.7 Å². The van der Waals surface area contributed by atoms with E-state index in [1.54, 1.807) is 7.11 Å². The Bertz CT molecular complexity index is 386. The maximum absolute atomic E-state index is 5.25. The average molecular weight is 231 g/mol. The van der Waals surface area contributed by atoms with Crippen molar-refractivity contribution in [2.75, 3.05) is 13.7 Å². The van der Waals surface area contributed by atoms with Crippen LogP contribution in [0.3, 0.4) is 0 Å². The maximum Gasteiger partial charge on any atom is 0.118 e. The molecule has 1 aliphatic carbocycles. The molecule has 1 saturated carbocycles. The fourth-order valence-corrected chi connectivity index (χ4v) is 3.72. The Balaban J connectivity index is 1.94. The lowest BCUT2D eigenvalue weighted by Crippen LogP contribution is -2.42. The van der Waals surface area contributed by atoms with Gasteiger partial charge in [0.1, 0.15) is 5.75 Å². The second-order valence-corrected chi connectivity index (χ2v) is 5.39. The van der Waals surface area contributed by atoms with Crippen molar-refractivity contribution in [1.29, 1.82) is 0 Å². The summed E-state index contributed by atoms with van der Waals surface area (Å²) in [7, 11) is 1.73. The van der Waals surface area contributed by atoms with Gasteiger partial charge >= 0.3 is 0 Å². The van der Waals surface area contributed by atoms with Gasteiger partial charge in [0.15, 0.2) is 0 Å². The van der Waals surface area contributed by atoms with E-state index >= 15 is 0 Å². The summed E-state index contributed by atoms with van der Waals surface area (Å²) in [5.41, 5.74) is 1.91. The fraction of sp³-hybridized carbons (Fsp3) is 0.600. The summed E-state index contributed by atoms with van der Waals surface area (Å²) in [6.45, 7) is 1.18. The highest BCUT2D eigenvalue weighted by Crippen LogP contribution is 2.45. The van der Waals surface area contributed by atoms with E-state index in [0.717, 1.165) is 5.75 Å². The predicted molar refractivity (Wildman–Crippen MR) is 69.5 cm³/mol. The quantitative estimate of drug-likeness (QED) is 0.845. The molecule has 2 nitrogen and oxygen atoms in total. The summed E-state index contributed by atoms with van der Waals surface area (Å²) < 4.78 is 5.25. The number of hydrogen-bond acceptors (Lipinski definition) is 2. The summed E-state index contributed by atoms with van der Waals surface area (Å²) >= 11 is 0. The molecule has 92 valence electrons. The zero-order valence-electron chi connectivity index (χ0n) is 10.5. The smallest absolute Gasteiger partial charge is 0.118 e. The van der Waals surface area contributed by atoms with Crippen LogP contribution in [0.5, 0.6) is 5.75 Å². The third-order valence-corrected chi connectivity index (χ3v) is 4.66. The summed E-state index contributed by atoms with van der Waals surface area (Å²) in [6, 6.07) is 9.45. The molecule has 0 spiro atoms. The zero-order chi connectivity index (χ0) is 11.7. The van der Waals surface area contributed by atoms with Crippen LogP contribution in [-0.2, 0) is 5.41 Å². The Labute approximate surface area is 103 Å². The topological polar surface area (TPSA) is 21.3 Å². The molecule has 2 unspecified atom stereocenters. The van der Waals surface area contributed by atoms with E-state index in [-0.39, 0.29) is 0 Å². The third kappa shape index (κ3) is 1.75. The first-order valence-corrected chi connectivity index (χ1v) is 6.73. The van der Waals surface area contributed by atoms with Gasteiger partial charge in [0, 0.05) is 11.5 Å². The van der Waals surface area contributed by atoms with Crippen molar-refractivity contribution in [2.24, 2.45) is 0 Å². The molecule has 1 aliphatic heterocycles. The molecule has 2 heteroatoms. The normalized spacial score (nSPS) is 32.2. The molecule has 1 aromatic carbocycles. The van der Waals surface area contributed by atoms with Gasteiger partial charge in [0.25, 0.3) is 0 Å². The number of hydrogen-bond donors (Lipinski definition) is 1. The molecule has 0 aromatic heterocycles. The van der Waals surface area contributed by atoms with Crippen molar-refractivity contribution in [3.05, 3.63) is 29.8 Å². The molecule has 1 saturated heterocycles. The minimum Gasteiger partial charge on any atom is -0.497 e. The molecule has 3 rings (SSSR count). The van der Waals surface area contributed by atoms with Gasteiger partial charge in [-0.15, -0.1) is 0 Å². The van der Waals surface area contributed by atoms with E-state index in [4.69, 9.17) is 4.74 Å². The SMILES string of the molecule is COc1ccc(C23CCCCC2NCC3)cc1. The molecule has 17 heavy (non-hydrogen) atoms. The van der Waals surface area contributed by atoms with Crippen LogP contribution in [0.2, 0.25) is 0 Å². The number of benzene rings is 1. The van der Waals surface area contributed by atoms with Crippen molar-refractivity contribution in [3.8, 4) is 5.75 Å². The highest BCUT2D eigenvalue weighted by Gasteiger charge is 2.45. The maximum atomic E-state index is 5.25. The van der Waals surface area contributed by atoms with Gasteiger partial charge in [-0.2, -0.15) is 0 Å². The van der Waals surface area contributed by atoms with E-state index < -0.39 is 0 Å². The highest BCUT2D eigenvalue weighted by molar-refractivity contribution is 5.35. The molecular formula is C15H21NO. The minimum absolute atomic E-state index is 0.407. The first-order valence-electron chi connectivity index (χ1n) is 6.73. The molecule has 0 radical (unpaired) electrons. The van der Waals surface area contributed by atoms with Crippen LogP contribution < -0.4 is 10.1 Å². The highest BCUT2D eigenvalue weighted by atomic mass is 16.5. The molecule has 2 fully saturated rings. The van der Waals surface area contributed by atoms with E-state index in [9.17, 15) is 0 Å². The molecular weight excluding hydrogens is 210 g/mol. The molecule has 2 atom stereocenters. The summed E-state index contributed by atoms with van der Waals surface area (Å²) in [5.74, 6) is 0.962. The first kappa shape index (κ1) is 11.1. The Morgan fingerprint density at radius 1 is 1.18 bits per heavy atom. The molecule has 0 amide bonds. The summed E-state index contributed by atoms with van der Waals surface area (Å²) in [5, 5.41) is 3.70. The van der Waals surface area contributed by atoms with Crippen LogP contribution in [0.1, 0.15) is 37.7 Å². The van der Waals surface area contributed by atoms with Crippen molar-refractivity contribution in [3.63, 3.8) is 0 Å². The van der Waals surface area contributed by atoms with Gasteiger partial charge in [0.05, 0.1) is 7.11 Å². The third-order valence-electron chi connectivity index (χ3n) is 4.66. The van der Waals surface area contributed by atoms with Crippen molar-refractivity contribution < 1.29 is 4.74 Å². The second-order valence-electron chi connectivity index (χ2n) is 5.39. The monoisotopic (exact) mass is 231 g/mol. The van der Waals surface area contributed by atoms with E-state index in [0.29, 0.717) is 11.5 Å². The largest absolute Gasteiger partial charge is 0.497 e. The standard InChI is InChI=1S/C15H21NO/c1-17-13-7-5-12(6-8-13)15-9-3-2-4-14(15)16-11-10-15/h5-8,14,16H,2-4,9-11H2,1H3. The number of ether oxygens (including phenoxy) is 1. The summed E-state index contributed by atoms with van der Waals surface area (Å²) in [4.78, 5) is 0. The average Bonchev–Trinajstić information content (AvgIpc) is 2.84. The molecule has 0 bridgehead atoms. The van der Waals surface area contributed by atoms with E-state index in [2.05, 4.69) is 29.6 Å². The minimum atomic E-state index is 0.407. The van der Waals surface area contributed by atoms with Gasteiger partial charge in [-0.05, 0) is 43.5 Å². The number of methoxy groups -OCH3 is 1. The van der Waals surface area contributed by atoms with Crippen LogP contribution >= 0.6 is 0 Å². The lowest BCUT2D eigenvalue weighted by molar-refractivity contribution is 0.267. The van der Waals surface area contributed by atoms with Crippen molar-refractivity contribution >= 4 is 0 Å². The Kier molecular flexibility index (Phi) is 2.83. The predicted octanol–water partition coefficient (Wildman–Crippen LogP) is 2.87. The van der Waals surface area contributed by atoms with Gasteiger partial charge in [-0.25, -0.2) is 0 Å². The van der Waals surface area contributed by atoms with E-state index in [1.807, 2.05) is 0 Å². The van der Waals surface area contributed by atoms with Crippen molar-refractivity contribution in [2.45, 2.75) is 43.6 Å². The Hall–Kier alpha value is -1.02. The molecule has 1 N–H and O–H groups in total. The number of nitrogens with one attached hydrogen (secondary N) is 1. The van der Waals surface area contributed by atoms with Crippen LogP contribution in [0.25, 0.3) is 0 Å². The lowest BCUT2D eigenvalue weighted by atomic mass is 9.66. The summed E-state index contributed by atoms with van der Waals surface area (Å²) in [6.07, 6.45) is 6.74. The Morgan fingerprint density at radius 3 is 2.76 bits per heavy atom. The molecule has 1 heterocycles. The van der Waals surface area contributed by atoms with Crippen LogP contribution in [0, 0.1) is 0 Å². The Morgan fingerprint density at radius 2 is 2.00 bits per heavy atom. The van der Waals surface area contributed by atoms with E-state index in [1.165, 1.54) is 44.2 Å². The van der Waals surface area contributed by atoms with Gasteiger partial charge < -0.3 is 10.1 Å². The van der Waals surface area contributed by atoms with Gasteiger partial charge in [-0.3, -0.25) is 0 Å². The lowest BCUT2D eigenvalue weighted by Gasteiger charge is -2.39. The van der Waals surface area contributed by atoms with Gasteiger partial charge in [0.2, 0.25) is 0 Å². The van der Waals surface area contributed by atoms with Crippen LogP contribution in [0.4, 0.5) is 0 Å². The number of fused-ring (bicyclic) bond motifs is 1. The van der Waals surface area contributed by atoms with Gasteiger partial charge in [-0.1, -0.05) is 25.0 Å². The molecule has 1 aromatic rings.